The number of alkyl halides is 6. The molecule has 20 heavy (non-hydrogen) atoms. The Hall–Kier alpha value is -2.02. The third-order valence-electron chi connectivity index (χ3n) is 2.07. The largest absolute Gasteiger partial charge is 0.573 e. The fourth-order valence-corrected chi connectivity index (χ4v) is 1.39. The van der Waals surface area contributed by atoms with E-state index in [4.69, 9.17) is 11.0 Å². The zero-order valence-electron chi connectivity index (χ0n) is 9.64. The van der Waals surface area contributed by atoms with Crippen molar-refractivity contribution in [1.29, 1.82) is 5.26 Å². The van der Waals surface area contributed by atoms with Crippen molar-refractivity contribution >= 4 is 0 Å². The van der Waals surface area contributed by atoms with Gasteiger partial charge in [0.2, 0.25) is 0 Å². The molecule has 0 aromatic carbocycles. The van der Waals surface area contributed by atoms with Crippen LogP contribution < -0.4 is 10.5 Å². The van der Waals surface area contributed by atoms with Crippen LogP contribution in [0.15, 0.2) is 6.07 Å². The zero-order chi connectivity index (χ0) is 15.6. The summed E-state index contributed by atoms with van der Waals surface area (Å²) in [6.45, 7) is -0.701. The Bertz CT molecular complexity index is 532. The zero-order valence-corrected chi connectivity index (χ0v) is 9.64. The Kier molecular flexibility index (Phi) is 4.44. The van der Waals surface area contributed by atoms with E-state index in [9.17, 15) is 26.3 Å². The Labute approximate surface area is 108 Å². The number of hydrogen-bond donors (Lipinski definition) is 1. The molecule has 2 N–H and O–H groups in total. The van der Waals surface area contributed by atoms with E-state index in [1.165, 1.54) is 0 Å². The second-order valence-corrected chi connectivity index (χ2v) is 3.52. The lowest BCUT2D eigenvalue weighted by Gasteiger charge is -2.18. The maximum atomic E-state index is 12.8. The molecular weight excluding hydrogens is 292 g/mol. The first-order valence-electron chi connectivity index (χ1n) is 5.01. The molecule has 4 nitrogen and oxygen atoms in total. The van der Waals surface area contributed by atoms with Crippen molar-refractivity contribution in [3.8, 4) is 11.8 Å². The van der Waals surface area contributed by atoms with Crippen LogP contribution in [-0.2, 0) is 19.1 Å². The van der Waals surface area contributed by atoms with Gasteiger partial charge in [0.1, 0.15) is 5.56 Å². The summed E-state index contributed by atoms with van der Waals surface area (Å²) >= 11 is 0. The van der Waals surface area contributed by atoms with Gasteiger partial charge in [0.25, 0.3) is 0 Å². The van der Waals surface area contributed by atoms with Gasteiger partial charge in [-0.15, -0.1) is 13.2 Å². The van der Waals surface area contributed by atoms with Crippen LogP contribution >= 0.6 is 0 Å². The van der Waals surface area contributed by atoms with Crippen molar-refractivity contribution in [3.63, 3.8) is 0 Å². The molecule has 1 aromatic heterocycles. The SMILES string of the molecule is N#CCc1cc(C(F)(F)F)c(OC(F)(F)F)c(CN)n1. The maximum absolute atomic E-state index is 12.8. The summed E-state index contributed by atoms with van der Waals surface area (Å²) in [6.07, 6.45) is -10.9. The van der Waals surface area contributed by atoms with Gasteiger partial charge in [-0.3, -0.25) is 4.98 Å². The highest BCUT2D eigenvalue weighted by Gasteiger charge is 2.41. The van der Waals surface area contributed by atoms with Crippen molar-refractivity contribution in [1.82, 2.24) is 4.98 Å². The quantitative estimate of drug-likeness (QED) is 0.870. The number of aromatic nitrogens is 1. The third kappa shape index (κ3) is 3.99. The van der Waals surface area contributed by atoms with Gasteiger partial charge >= 0.3 is 12.5 Å². The Morgan fingerprint density at radius 2 is 1.85 bits per heavy atom. The molecule has 0 atom stereocenters. The van der Waals surface area contributed by atoms with E-state index in [0.29, 0.717) is 6.07 Å². The minimum atomic E-state index is -5.32. The predicted octanol–water partition coefficient (Wildman–Crippen LogP) is 2.52. The Morgan fingerprint density at radius 3 is 2.25 bits per heavy atom. The van der Waals surface area contributed by atoms with Crippen molar-refractivity contribution in [2.24, 2.45) is 5.73 Å². The van der Waals surface area contributed by atoms with Crippen LogP contribution in [0.4, 0.5) is 26.3 Å². The molecule has 1 aromatic rings. The van der Waals surface area contributed by atoms with Crippen molar-refractivity contribution in [2.45, 2.75) is 25.5 Å². The van der Waals surface area contributed by atoms with Crippen LogP contribution in [0.1, 0.15) is 17.0 Å². The standard InChI is InChI=1S/C10H7F6N3O/c11-9(12,13)6-3-5(1-2-17)19-7(4-18)8(6)20-10(14,15)16/h3H,1,4,18H2. The molecular formula is C10H7F6N3O. The fraction of sp³-hybridized carbons (Fsp3) is 0.400. The van der Waals surface area contributed by atoms with Crippen LogP contribution in [0, 0.1) is 11.3 Å². The summed E-state index contributed by atoms with van der Waals surface area (Å²) in [4.78, 5) is 3.47. The average Bonchev–Trinajstić information content (AvgIpc) is 2.27. The molecule has 0 aliphatic carbocycles. The monoisotopic (exact) mass is 299 g/mol. The third-order valence-corrected chi connectivity index (χ3v) is 2.07. The lowest BCUT2D eigenvalue weighted by Crippen LogP contribution is -2.23. The Balaban J connectivity index is 3.49. The molecule has 0 spiro atoms. The summed E-state index contributed by atoms with van der Waals surface area (Å²) in [5, 5.41) is 8.42. The number of nitrogens with zero attached hydrogens (tertiary/aromatic N) is 2. The van der Waals surface area contributed by atoms with Gasteiger partial charge in [-0.05, 0) is 6.07 Å². The minimum Gasteiger partial charge on any atom is -0.403 e. The number of ether oxygens (including phenoxy) is 1. The number of nitriles is 1. The minimum absolute atomic E-state index is 0.337. The highest BCUT2D eigenvalue weighted by atomic mass is 19.4. The van der Waals surface area contributed by atoms with E-state index < -0.39 is 42.5 Å². The van der Waals surface area contributed by atoms with Crippen molar-refractivity contribution < 1.29 is 31.1 Å². The molecule has 0 aliphatic rings. The summed E-state index contributed by atoms with van der Waals surface area (Å²) in [5.41, 5.74) is 2.36. The molecule has 0 radical (unpaired) electrons. The predicted molar refractivity (Wildman–Crippen MR) is 53.1 cm³/mol. The van der Waals surface area contributed by atoms with E-state index in [-0.39, 0.29) is 5.69 Å². The van der Waals surface area contributed by atoms with E-state index >= 15 is 0 Å². The molecule has 10 heteroatoms. The van der Waals surface area contributed by atoms with Gasteiger partial charge in [-0.2, -0.15) is 18.4 Å². The molecule has 0 fully saturated rings. The maximum Gasteiger partial charge on any atom is 0.573 e. The number of halogens is 6. The van der Waals surface area contributed by atoms with E-state index in [1.54, 1.807) is 6.07 Å². The number of pyridine rings is 1. The van der Waals surface area contributed by atoms with Gasteiger partial charge in [0, 0.05) is 6.54 Å². The molecule has 0 bridgehead atoms. The highest BCUT2D eigenvalue weighted by Crippen LogP contribution is 2.40. The fourth-order valence-electron chi connectivity index (χ4n) is 1.39. The van der Waals surface area contributed by atoms with Crippen LogP contribution in [-0.4, -0.2) is 11.3 Å². The summed E-state index contributed by atoms with van der Waals surface area (Å²) in [5.74, 6) is -1.49. The summed E-state index contributed by atoms with van der Waals surface area (Å²) in [6, 6.07) is 1.88. The summed E-state index contributed by atoms with van der Waals surface area (Å²) in [7, 11) is 0. The van der Waals surface area contributed by atoms with E-state index in [2.05, 4.69) is 9.72 Å². The number of nitrogens with two attached hydrogens (primary N) is 1. The van der Waals surface area contributed by atoms with Crippen molar-refractivity contribution in [3.05, 3.63) is 23.0 Å². The van der Waals surface area contributed by atoms with Crippen LogP contribution in [0.5, 0.6) is 5.75 Å². The normalized spacial score (nSPS) is 12.1. The van der Waals surface area contributed by atoms with E-state index in [0.717, 1.165) is 0 Å². The second kappa shape index (κ2) is 5.54. The number of hydrogen-bond acceptors (Lipinski definition) is 4. The molecule has 0 aliphatic heterocycles. The van der Waals surface area contributed by atoms with Gasteiger partial charge in [-0.1, -0.05) is 0 Å². The Morgan fingerprint density at radius 1 is 1.25 bits per heavy atom. The first-order chi connectivity index (χ1) is 9.08. The van der Waals surface area contributed by atoms with Gasteiger partial charge in [0.05, 0.1) is 23.9 Å². The molecule has 0 saturated heterocycles. The van der Waals surface area contributed by atoms with Gasteiger partial charge in [-0.25, -0.2) is 0 Å². The van der Waals surface area contributed by atoms with Crippen LogP contribution in [0.25, 0.3) is 0 Å². The smallest absolute Gasteiger partial charge is 0.403 e. The first-order valence-corrected chi connectivity index (χ1v) is 5.01. The average molecular weight is 299 g/mol. The van der Waals surface area contributed by atoms with E-state index in [1.807, 2.05) is 0 Å². The topological polar surface area (TPSA) is 71.9 Å². The second-order valence-electron chi connectivity index (χ2n) is 3.52. The summed E-state index contributed by atoms with van der Waals surface area (Å²) < 4.78 is 78.1. The lowest BCUT2D eigenvalue weighted by molar-refractivity contribution is -0.276. The number of rotatable bonds is 3. The molecule has 0 amide bonds. The molecule has 110 valence electrons. The molecule has 0 saturated carbocycles. The van der Waals surface area contributed by atoms with Crippen molar-refractivity contribution in [2.75, 3.05) is 0 Å². The van der Waals surface area contributed by atoms with Crippen LogP contribution in [0.2, 0.25) is 0 Å². The first kappa shape index (κ1) is 16.0. The van der Waals surface area contributed by atoms with Crippen LogP contribution in [0.3, 0.4) is 0 Å². The molecule has 1 heterocycles. The molecule has 0 unspecified atom stereocenters. The molecule has 1 rings (SSSR count). The van der Waals surface area contributed by atoms with Gasteiger partial charge < -0.3 is 10.5 Å². The van der Waals surface area contributed by atoms with Gasteiger partial charge in [0.15, 0.2) is 5.75 Å². The lowest BCUT2D eigenvalue weighted by atomic mass is 10.1. The highest BCUT2D eigenvalue weighted by molar-refractivity contribution is 5.41.